The summed E-state index contributed by atoms with van der Waals surface area (Å²) in [5, 5.41) is 0.511. The van der Waals surface area contributed by atoms with Gasteiger partial charge in [0, 0.05) is 11.8 Å². The molecule has 2 aromatic carbocycles. The molecule has 1 aromatic heterocycles. The van der Waals surface area contributed by atoms with Crippen molar-refractivity contribution in [1.82, 2.24) is 4.98 Å². The number of aromatic nitrogens is 1. The highest BCUT2D eigenvalue weighted by Gasteiger charge is 2.23. The van der Waals surface area contributed by atoms with Crippen molar-refractivity contribution < 1.29 is 18.7 Å². The maximum atomic E-state index is 14.3. The molecule has 0 atom stereocenters. The van der Waals surface area contributed by atoms with Crippen molar-refractivity contribution in [2.45, 2.75) is 32.8 Å². The minimum absolute atomic E-state index is 0.0622. The number of carbonyl (C=O) groups is 1. The van der Waals surface area contributed by atoms with Gasteiger partial charge in [-0.2, -0.15) is 0 Å². The van der Waals surface area contributed by atoms with Crippen LogP contribution >= 0.6 is 11.6 Å². The standard InChI is InChI=1S/C26H23ClFNO3/c1-2-31-26(30)23-13-18(11-12-24(23)28)20-9-6-10-21(20)22-14-19(27)15-29-25(22)32-16-17-7-4-3-5-8-17/h3-5,7-8,11-15H,2,6,9-10,16H2,1H3. The van der Waals surface area contributed by atoms with Crippen LogP contribution < -0.4 is 4.74 Å². The Bertz CT molecular complexity index is 1160. The third-order valence-electron chi connectivity index (χ3n) is 5.39. The minimum Gasteiger partial charge on any atom is -0.472 e. The van der Waals surface area contributed by atoms with Gasteiger partial charge < -0.3 is 9.47 Å². The van der Waals surface area contributed by atoms with Crippen LogP contribution in [0.25, 0.3) is 11.1 Å². The number of ether oxygens (including phenoxy) is 2. The van der Waals surface area contributed by atoms with Gasteiger partial charge in [0.1, 0.15) is 12.4 Å². The number of halogens is 2. The summed E-state index contributed by atoms with van der Waals surface area (Å²) in [6, 6.07) is 16.3. The number of carbonyl (C=O) groups excluding carboxylic acids is 1. The number of pyridine rings is 1. The monoisotopic (exact) mass is 451 g/mol. The van der Waals surface area contributed by atoms with E-state index >= 15 is 0 Å². The second kappa shape index (κ2) is 9.96. The Labute approximate surface area is 191 Å². The maximum absolute atomic E-state index is 14.3. The van der Waals surface area contributed by atoms with Crippen molar-refractivity contribution in [1.29, 1.82) is 0 Å². The average molecular weight is 452 g/mol. The Morgan fingerprint density at radius 3 is 2.66 bits per heavy atom. The number of rotatable bonds is 7. The first-order chi connectivity index (χ1) is 15.6. The molecule has 1 aliphatic carbocycles. The van der Waals surface area contributed by atoms with Gasteiger partial charge in [-0.25, -0.2) is 14.2 Å². The largest absolute Gasteiger partial charge is 0.472 e. The van der Waals surface area contributed by atoms with Crippen LogP contribution in [-0.2, 0) is 11.3 Å². The van der Waals surface area contributed by atoms with Crippen molar-refractivity contribution in [2.24, 2.45) is 0 Å². The van der Waals surface area contributed by atoms with Crippen LogP contribution in [0, 0.1) is 5.82 Å². The summed E-state index contributed by atoms with van der Waals surface area (Å²) in [4.78, 5) is 16.6. The Morgan fingerprint density at radius 1 is 1.09 bits per heavy atom. The van der Waals surface area contributed by atoms with Crippen LogP contribution in [-0.4, -0.2) is 17.6 Å². The summed E-state index contributed by atoms with van der Waals surface area (Å²) in [6.45, 7) is 2.27. The topological polar surface area (TPSA) is 48.4 Å². The smallest absolute Gasteiger partial charge is 0.341 e. The predicted octanol–water partition coefficient (Wildman–Crippen LogP) is 6.72. The van der Waals surface area contributed by atoms with E-state index in [-0.39, 0.29) is 12.2 Å². The first-order valence-corrected chi connectivity index (χ1v) is 11.0. The van der Waals surface area contributed by atoms with Crippen LogP contribution in [0.5, 0.6) is 5.88 Å². The van der Waals surface area contributed by atoms with Gasteiger partial charge >= 0.3 is 5.97 Å². The predicted molar refractivity (Wildman–Crippen MR) is 123 cm³/mol. The third-order valence-corrected chi connectivity index (χ3v) is 5.60. The highest BCUT2D eigenvalue weighted by atomic mass is 35.5. The van der Waals surface area contributed by atoms with Gasteiger partial charge in [-0.3, -0.25) is 0 Å². The van der Waals surface area contributed by atoms with E-state index in [2.05, 4.69) is 4.98 Å². The number of esters is 1. The Balaban J connectivity index is 1.72. The van der Waals surface area contributed by atoms with Gasteiger partial charge in [0.05, 0.1) is 17.2 Å². The average Bonchev–Trinajstić information content (AvgIpc) is 3.29. The first-order valence-electron chi connectivity index (χ1n) is 10.6. The highest BCUT2D eigenvalue weighted by molar-refractivity contribution is 6.30. The summed E-state index contributed by atoms with van der Waals surface area (Å²) < 4.78 is 25.3. The second-order valence-electron chi connectivity index (χ2n) is 7.51. The van der Waals surface area contributed by atoms with E-state index in [0.29, 0.717) is 17.5 Å². The lowest BCUT2D eigenvalue weighted by molar-refractivity contribution is 0.0521. The van der Waals surface area contributed by atoms with Crippen LogP contribution in [0.2, 0.25) is 5.02 Å². The minimum atomic E-state index is -0.664. The van der Waals surface area contributed by atoms with Gasteiger partial charge in [0.25, 0.3) is 0 Å². The SMILES string of the molecule is CCOC(=O)c1cc(C2=C(c3cc(Cl)cnc3OCc3ccccc3)CCC2)ccc1F. The van der Waals surface area contributed by atoms with Crippen LogP contribution in [0.4, 0.5) is 4.39 Å². The van der Waals surface area contributed by atoms with Crippen molar-refractivity contribution in [3.05, 3.63) is 93.9 Å². The molecule has 4 nitrogen and oxygen atoms in total. The lowest BCUT2D eigenvalue weighted by Crippen LogP contribution is -2.08. The fourth-order valence-electron chi connectivity index (χ4n) is 3.92. The van der Waals surface area contributed by atoms with Gasteiger partial charge in [-0.1, -0.05) is 48.0 Å². The summed E-state index contributed by atoms with van der Waals surface area (Å²) in [6.07, 6.45) is 4.11. The Morgan fingerprint density at radius 2 is 1.88 bits per heavy atom. The van der Waals surface area contributed by atoms with Gasteiger partial charge in [-0.05, 0) is 66.7 Å². The maximum Gasteiger partial charge on any atom is 0.341 e. The molecule has 0 saturated carbocycles. The molecule has 0 saturated heterocycles. The molecule has 0 bridgehead atoms. The summed E-state index contributed by atoms with van der Waals surface area (Å²) in [7, 11) is 0. The summed E-state index contributed by atoms with van der Waals surface area (Å²) in [5.41, 5.74) is 4.66. The molecule has 1 heterocycles. The highest BCUT2D eigenvalue weighted by Crippen LogP contribution is 2.43. The van der Waals surface area contributed by atoms with E-state index in [4.69, 9.17) is 21.1 Å². The molecule has 0 unspecified atom stereocenters. The first kappa shape index (κ1) is 22.0. The van der Waals surface area contributed by atoms with Gasteiger partial charge in [0.15, 0.2) is 0 Å². The summed E-state index contributed by atoms with van der Waals surface area (Å²) >= 11 is 6.28. The lowest BCUT2D eigenvalue weighted by Gasteiger charge is -2.14. The molecule has 0 N–H and O–H groups in total. The van der Waals surface area contributed by atoms with E-state index in [1.165, 1.54) is 6.07 Å². The molecule has 164 valence electrons. The molecular formula is C26H23ClFNO3. The van der Waals surface area contributed by atoms with Crippen LogP contribution in [0.15, 0.2) is 60.8 Å². The molecule has 0 aliphatic heterocycles. The van der Waals surface area contributed by atoms with E-state index < -0.39 is 11.8 Å². The molecule has 1 aliphatic rings. The third kappa shape index (κ3) is 4.83. The number of nitrogens with zero attached hydrogens (tertiary/aromatic N) is 1. The molecule has 0 radical (unpaired) electrons. The van der Waals surface area contributed by atoms with Crippen LogP contribution in [0.1, 0.15) is 53.2 Å². The van der Waals surface area contributed by atoms with Crippen molar-refractivity contribution in [2.75, 3.05) is 6.61 Å². The van der Waals surface area contributed by atoms with E-state index in [1.54, 1.807) is 25.3 Å². The van der Waals surface area contributed by atoms with E-state index in [1.807, 2.05) is 36.4 Å². The summed E-state index contributed by atoms with van der Waals surface area (Å²) in [5.74, 6) is -0.757. The molecule has 0 amide bonds. The quantitative estimate of drug-likeness (QED) is 0.374. The molecule has 0 fully saturated rings. The fourth-order valence-corrected chi connectivity index (χ4v) is 4.08. The molecule has 4 rings (SSSR count). The van der Waals surface area contributed by atoms with Gasteiger partial charge in [0.2, 0.25) is 5.88 Å². The second-order valence-corrected chi connectivity index (χ2v) is 7.94. The number of hydrogen-bond acceptors (Lipinski definition) is 4. The zero-order valence-electron chi connectivity index (χ0n) is 17.7. The van der Waals surface area contributed by atoms with Gasteiger partial charge in [-0.15, -0.1) is 0 Å². The zero-order valence-corrected chi connectivity index (χ0v) is 18.5. The van der Waals surface area contributed by atoms with Crippen molar-refractivity contribution >= 4 is 28.7 Å². The zero-order chi connectivity index (χ0) is 22.5. The molecule has 3 aromatic rings. The Kier molecular flexibility index (Phi) is 6.86. The Hall–Kier alpha value is -3.18. The molecule has 0 spiro atoms. The molecule has 6 heteroatoms. The fraction of sp³-hybridized carbons (Fsp3) is 0.231. The lowest BCUT2D eigenvalue weighted by atomic mass is 9.96. The number of allylic oxidation sites excluding steroid dienone is 2. The van der Waals surface area contributed by atoms with Crippen molar-refractivity contribution in [3.63, 3.8) is 0 Å². The number of benzene rings is 2. The number of hydrogen-bond donors (Lipinski definition) is 0. The molecular weight excluding hydrogens is 429 g/mol. The van der Waals surface area contributed by atoms with Crippen molar-refractivity contribution in [3.8, 4) is 5.88 Å². The van der Waals surface area contributed by atoms with E-state index in [9.17, 15) is 9.18 Å². The molecule has 32 heavy (non-hydrogen) atoms. The normalized spacial score (nSPS) is 13.3. The van der Waals surface area contributed by atoms with E-state index in [0.717, 1.165) is 47.1 Å². The van der Waals surface area contributed by atoms with Crippen LogP contribution in [0.3, 0.4) is 0 Å².